The minimum absolute atomic E-state index is 0. The number of hydroxylamine groups is 4. The minimum Gasteiger partial charge on any atom is -0.481 e. The van der Waals surface area contributed by atoms with E-state index in [0.717, 1.165) is 0 Å². The lowest BCUT2D eigenvalue weighted by Crippen LogP contribution is -2.33. The molecule has 2 heterocycles. The lowest BCUT2D eigenvalue weighted by atomic mass is 10.3. The quantitative estimate of drug-likeness (QED) is 0.0252. The van der Waals surface area contributed by atoms with E-state index in [0.29, 0.717) is 5.06 Å². The molecule has 0 saturated carbocycles. The monoisotopic (exact) mass is 1190 g/mol. The van der Waals surface area contributed by atoms with Crippen molar-refractivity contribution in [3.63, 3.8) is 0 Å². The zero-order valence-electron chi connectivity index (χ0n) is 38.5. The van der Waals surface area contributed by atoms with E-state index in [2.05, 4.69) is 61.0 Å². The van der Waals surface area contributed by atoms with E-state index in [1.165, 1.54) is 48.7 Å². The van der Waals surface area contributed by atoms with Gasteiger partial charge in [-0.15, -0.1) is 30.3 Å². The summed E-state index contributed by atoms with van der Waals surface area (Å²) in [4.78, 5) is 111. The largest absolute Gasteiger partial charge is 0.481 e. The maximum absolute atomic E-state index is 11.5. The first-order chi connectivity index (χ1) is 32.3. The van der Waals surface area contributed by atoms with E-state index in [-0.39, 0.29) is 139 Å². The number of rotatable bonds is 23. The Balaban J connectivity index is -0.0000000732. The standard InChI is InChI=1S/C12H17NO8.C8H14O6.C4H7ClO3.C4H5NO3.C4H8O4.C2H2.4CH4.Cl2OS.ClH.O2S/c1-8(20-12(17)6-19-7-18-2)5-11(16)21-13-9(14)3-4-10(13)15;1-6(3-7(9)10)14-8(11)4-13-5-12-2;1-7-3-8-2-4(5)6;6-3-1-2-4(7)5(3)8;1-7-3-8-2-4(5)6;1-2;;;;;1-4(2)3;;1-3-2/h8H,3-7H2,1-2H3;6H,3-5H2,1-2H3,(H,9,10);2-3H2,1H3;8H,1-2H2;2-3H2,1H3,(H,5,6);1-2H;4*1H4;;1H;/i;;;;;1D;;;;;;;. The molecular weight excluding hydrogens is 1120 g/mol. The molecule has 29 nitrogen and oxygen atoms in total. The van der Waals surface area contributed by atoms with Gasteiger partial charge in [0, 0.05) is 75.5 Å². The lowest BCUT2D eigenvalue weighted by molar-refractivity contribution is -0.199. The Morgan fingerprint density at radius 3 is 1.19 bits per heavy atom. The zero-order valence-corrected chi connectivity index (χ0v) is 42.2. The smallest absolute Gasteiger partial charge is 0.336 e. The summed E-state index contributed by atoms with van der Waals surface area (Å²) in [5, 5.41) is 24.8. The summed E-state index contributed by atoms with van der Waals surface area (Å²) in [6.07, 6.45) is 4.18. The van der Waals surface area contributed by atoms with Crippen LogP contribution in [-0.2, 0) is 121 Å². The van der Waals surface area contributed by atoms with Gasteiger partial charge in [-0.3, -0.25) is 34.0 Å². The Hall–Kier alpha value is -4.37. The van der Waals surface area contributed by atoms with E-state index < -0.39 is 91.7 Å². The maximum atomic E-state index is 11.5. The number of carbonyl (C=O) groups excluding carboxylic acids is 8. The molecule has 2 fully saturated rings. The van der Waals surface area contributed by atoms with Crippen molar-refractivity contribution in [2.75, 3.05) is 82.0 Å². The number of methoxy groups -OCH3 is 4. The molecule has 4 amide bonds. The Labute approximate surface area is 452 Å². The van der Waals surface area contributed by atoms with Gasteiger partial charge in [-0.2, -0.15) is 13.5 Å². The highest BCUT2D eigenvalue weighted by Gasteiger charge is 2.33. The Bertz CT molecular complexity index is 1570. The third-order valence-electron chi connectivity index (χ3n) is 5.49. The first kappa shape index (κ1) is 91.3. The summed E-state index contributed by atoms with van der Waals surface area (Å²) in [5.74, 6) is -6.24. The number of hydrogen-bond donors (Lipinski definition) is 3. The van der Waals surface area contributed by atoms with E-state index >= 15 is 0 Å². The maximum Gasteiger partial charge on any atom is 0.336 e. The lowest BCUT2D eigenvalue weighted by Gasteiger charge is -2.15. The molecule has 2 rings (SSSR count). The van der Waals surface area contributed by atoms with Gasteiger partial charge in [-0.1, -0.05) is 29.7 Å². The number of amides is 4. The van der Waals surface area contributed by atoms with Gasteiger partial charge in [0.05, 0.1) is 12.8 Å². The second kappa shape index (κ2) is 67.6. The van der Waals surface area contributed by atoms with Crippen LogP contribution < -0.4 is 0 Å². The molecule has 0 bridgehead atoms. The molecule has 2 aliphatic heterocycles. The van der Waals surface area contributed by atoms with Crippen molar-refractivity contribution < 1.29 is 130 Å². The predicted octanol–water partition coefficient (Wildman–Crippen LogP) is 2.73. The highest BCUT2D eigenvalue weighted by molar-refractivity contribution is 8.26. The van der Waals surface area contributed by atoms with Crippen LogP contribution in [-0.4, -0.2) is 191 Å². The van der Waals surface area contributed by atoms with Gasteiger partial charge in [-0.05, 0) is 25.4 Å². The van der Waals surface area contributed by atoms with Crippen molar-refractivity contribution in [3.8, 4) is 12.8 Å². The first-order valence-electron chi connectivity index (χ1n) is 18.2. The second-order valence-electron chi connectivity index (χ2n) is 11.1. The molecule has 3 N–H and O–H groups in total. The Kier molecular flexibility index (Phi) is 84.6. The predicted molar refractivity (Wildman–Crippen MR) is 261 cm³/mol. The van der Waals surface area contributed by atoms with E-state index in [1.54, 1.807) is 0 Å². The average Bonchev–Trinajstić information content (AvgIpc) is 3.71. The number of carbonyl (C=O) groups is 10. The fourth-order valence-electron chi connectivity index (χ4n) is 3.28. The van der Waals surface area contributed by atoms with Gasteiger partial charge in [0.15, 0.2) is 0 Å². The van der Waals surface area contributed by atoms with Gasteiger partial charge in [-0.25, -0.2) is 23.4 Å². The molecule has 0 radical (unpaired) electrons. The van der Waals surface area contributed by atoms with Crippen molar-refractivity contribution in [3.05, 3.63) is 0 Å². The van der Waals surface area contributed by atoms with Crippen LogP contribution in [0.4, 0.5) is 0 Å². The minimum atomic E-state index is -1.67. The number of esters is 2. The van der Waals surface area contributed by atoms with Crippen LogP contribution in [0.25, 0.3) is 0 Å². The fraction of sp³-hybridized carbons (Fsp3) is 0.684. The highest BCUT2D eigenvalue weighted by atomic mass is 36.0. The number of nitrogens with zero attached hydrogens (tertiary/aromatic N) is 2. The molecule has 2 saturated heterocycles. The number of hydrogen-bond acceptors (Lipinski definition) is 25. The summed E-state index contributed by atoms with van der Waals surface area (Å²) in [6.45, 7) is 2.14. The molecule has 2 atom stereocenters. The SMILES string of the molecule is C.C.C.C.COCOCC(=O)Cl.COCOCC(=O)O.COCOCC(=O)OC(C)CC(=O)O.COCOCC(=O)OC(C)CC(=O)ON1C(=O)CCC1=O.Cl.O=C1CCC(=O)N1O.O=S(Cl)Cl.O=S=O.[2H]C#C. The molecule has 0 aromatic rings. The van der Waals surface area contributed by atoms with Crippen LogP contribution in [0.2, 0.25) is 0 Å². The molecular formula is C38H70Cl4N2O27S2. The van der Waals surface area contributed by atoms with Gasteiger partial charge < -0.3 is 62.4 Å². The molecule has 0 spiro atoms. The molecule has 2 unspecified atom stereocenters. The fourth-order valence-corrected chi connectivity index (χ4v) is 3.35. The number of carboxylic acid groups (broad SMARTS) is 2. The molecule has 434 valence electrons. The van der Waals surface area contributed by atoms with Crippen LogP contribution in [0.3, 0.4) is 0 Å². The van der Waals surface area contributed by atoms with Crippen molar-refractivity contribution in [2.45, 2.75) is 94.3 Å². The normalized spacial score (nSPS) is 11.9. The number of aliphatic carboxylic acids is 2. The Morgan fingerprint density at radius 1 is 0.644 bits per heavy atom. The third kappa shape index (κ3) is 76.7. The van der Waals surface area contributed by atoms with Crippen LogP contribution in [0.1, 0.15) is 83.4 Å². The summed E-state index contributed by atoms with van der Waals surface area (Å²) < 4.78 is 77.4. The molecule has 35 heteroatoms. The second-order valence-corrected chi connectivity index (χ2v) is 14.2. The number of carboxylic acids is 2. The molecule has 2 aliphatic rings. The van der Waals surface area contributed by atoms with Crippen molar-refractivity contribution in [1.29, 1.82) is 0 Å². The molecule has 0 aromatic heterocycles. The molecule has 0 aromatic carbocycles. The summed E-state index contributed by atoms with van der Waals surface area (Å²) in [5.41, 5.74) is 0. The van der Waals surface area contributed by atoms with Crippen LogP contribution >= 0.6 is 45.4 Å². The van der Waals surface area contributed by atoms with Crippen molar-refractivity contribution >= 4 is 125 Å². The van der Waals surface area contributed by atoms with Gasteiger partial charge in [0.2, 0.25) is 14.5 Å². The third-order valence-corrected chi connectivity index (χ3v) is 5.60. The summed E-state index contributed by atoms with van der Waals surface area (Å²) in [6, 6.07) is 0. The number of ether oxygens (including phenoxy) is 10. The van der Waals surface area contributed by atoms with Gasteiger partial charge >= 0.3 is 41.4 Å². The van der Waals surface area contributed by atoms with Crippen LogP contribution in [0, 0.1) is 12.8 Å². The molecule has 73 heavy (non-hydrogen) atoms. The van der Waals surface area contributed by atoms with Crippen molar-refractivity contribution in [1.82, 2.24) is 10.1 Å². The van der Waals surface area contributed by atoms with Crippen LogP contribution in [0.5, 0.6) is 0 Å². The van der Waals surface area contributed by atoms with E-state index in [4.69, 9.17) is 60.0 Å². The number of terminal acetylenes is 1. The first-order valence-corrected chi connectivity index (χ1v) is 21.6. The van der Waals surface area contributed by atoms with Crippen molar-refractivity contribution in [2.24, 2.45) is 0 Å². The number of halogens is 4. The topological polar surface area (TPSA) is 391 Å². The molecule has 0 aliphatic carbocycles. The van der Waals surface area contributed by atoms with Crippen LogP contribution in [0.15, 0.2) is 0 Å². The van der Waals surface area contributed by atoms with Gasteiger partial charge in [0.1, 0.15) is 67.2 Å². The highest BCUT2D eigenvalue weighted by Crippen LogP contribution is 2.13. The zero-order chi connectivity index (χ0) is 54.8. The Morgan fingerprint density at radius 2 is 0.932 bits per heavy atom. The van der Waals surface area contributed by atoms with E-state index in [1.807, 2.05) is 0 Å². The van der Waals surface area contributed by atoms with Gasteiger partial charge in [0.25, 0.3) is 23.6 Å². The van der Waals surface area contributed by atoms with E-state index in [9.17, 15) is 47.9 Å². The number of imide groups is 2. The summed E-state index contributed by atoms with van der Waals surface area (Å²) in [7, 11) is 13.1. The average molecular weight is 1190 g/mol. The summed E-state index contributed by atoms with van der Waals surface area (Å²) >= 11 is 4.14.